The molecule has 162 valence electrons. The van der Waals surface area contributed by atoms with Crippen molar-refractivity contribution < 1.29 is 18.3 Å². The molecule has 4 heterocycles. The van der Waals surface area contributed by atoms with Crippen LogP contribution in [-0.4, -0.2) is 57.4 Å². The van der Waals surface area contributed by atoms with Crippen molar-refractivity contribution in [2.75, 3.05) is 26.7 Å². The van der Waals surface area contributed by atoms with E-state index in [0.29, 0.717) is 18.9 Å². The summed E-state index contributed by atoms with van der Waals surface area (Å²) in [5.74, 6) is 1.14. The molecule has 0 saturated carbocycles. The molecule has 2 aromatic heterocycles. The summed E-state index contributed by atoms with van der Waals surface area (Å²) in [5.41, 5.74) is 1.61. The smallest absolute Gasteiger partial charge is 0.409 e. The third kappa shape index (κ3) is 3.59. The van der Waals surface area contributed by atoms with Gasteiger partial charge >= 0.3 is 6.09 Å². The van der Waals surface area contributed by atoms with Crippen LogP contribution in [0.2, 0.25) is 0 Å². The highest BCUT2D eigenvalue weighted by molar-refractivity contribution is 5.68. The Hall–Kier alpha value is -3.20. The van der Waals surface area contributed by atoms with E-state index < -0.39 is 0 Å². The van der Waals surface area contributed by atoms with Gasteiger partial charge in [0.1, 0.15) is 5.82 Å². The van der Waals surface area contributed by atoms with Crippen LogP contribution in [0.5, 0.6) is 0 Å². The highest BCUT2D eigenvalue weighted by atomic mass is 19.1. The number of furan rings is 1. The van der Waals surface area contributed by atoms with Crippen LogP contribution >= 0.6 is 0 Å². The maximum absolute atomic E-state index is 13.5. The van der Waals surface area contributed by atoms with Gasteiger partial charge in [-0.15, -0.1) is 10.2 Å². The number of nitrogens with zero attached hydrogens (tertiary/aromatic N) is 5. The molecule has 1 spiro atoms. The Morgan fingerprint density at radius 1 is 1.19 bits per heavy atom. The summed E-state index contributed by atoms with van der Waals surface area (Å²) >= 11 is 0. The maximum Gasteiger partial charge on any atom is 0.409 e. The van der Waals surface area contributed by atoms with Crippen LogP contribution in [0.4, 0.5) is 9.18 Å². The fourth-order valence-corrected chi connectivity index (χ4v) is 4.76. The van der Waals surface area contributed by atoms with Gasteiger partial charge in [0.25, 0.3) is 0 Å². The van der Waals surface area contributed by atoms with Crippen LogP contribution in [0, 0.1) is 5.82 Å². The molecule has 2 aliphatic rings. The number of amides is 1. The van der Waals surface area contributed by atoms with E-state index in [1.54, 1.807) is 29.6 Å². The minimum absolute atomic E-state index is 0.290. The molecule has 0 aliphatic carbocycles. The van der Waals surface area contributed by atoms with Gasteiger partial charge in [-0.25, -0.2) is 9.18 Å². The summed E-state index contributed by atoms with van der Waals surface area (Å²) < 4.78 is 25.9. The van der Waals surface area contributed by atoms with Gasteiger partial charge < -0.3 is 13.7 Å². The lowest BCUT2D eigenvalue weighted by Gasteiger charge is -2.48. The molecule has 0 bridgehead atoms. The Bertz CT molecular complexity index is 1060. The SMILES string of the molecule is COC(=O)N1Cc2nnc(-c3ccc(F)cc3)n2C2(CCN(Cc3ccoc3)CC2)C1. The summed E-state index contributed by atoms with van der Waals surface area (Å²) in [7, 11) is 1.39. The van der Waals surface area contributed by atoms with E-state index in [2.05, 4.69) is 19.7 Å². The zero-order chi connectivity index (χ0) is 21.4. The number of fused-ring (bicyclic) bond motifs is 2. The third-order valence-electron chi connectivity index (χ3n) is 6.33. The lowest BCUT2D eigenvalue weighted by atomic mass is 9.84. The normalized spacial score (nSPS) is 18.2. The van der Waals surface area contributed by atoms with E-state index in [-0.39, 0.29) is 17.4 Å². The minimum Gasteiger partial charge on any atom is -0.472 e. The zero-order valence-electron chi connectivity index (χ0n) is 17.3. The summed E-state index contributed by atoms with van der Waals surface area (Å²) in [6.45, 7) is 3.41. The number of rotatable bonds is 3. The molecule has 0 radical (unpaired) electrons. The predicted octanol–water partition coefficient (Wildman–Crippen LogP) is 3.25. The number of hydrogen-bond acceptors (Lipinski definition) is 6. The number of ether oxygens (including phenoxy) is 1. The fourth-order valence-electron chi connectivity index (χ4n) is 4.76. The van der Waals surface area contributed by atoms with E-state index in [1.165, 1.54) is 19.2 Å². The van der Waals surface area contributed by atoms with Crippen molar-refractivity contribution in [3.8, 4) is 11.4 Å². The molecular weight excluding hydrogens is 401 g/mol. The van der Waals surface area contributed by atoms with Crippen molar-refractivity contribution in [1.29, 1.82) is 0 Å². The van der Waals surface area contributed by atoms with Crippen LogP contribution in [0.15, 0.2) is 47.3 Å². The van der Waals surface area contributed by atoms with Crippen LogP contribution in [0.1, 0.15) is 24.2 Å². The van der Waals surface area contributed by atoms with Gasteiger partial charge in [-0.3, -0.25) is 9.80 Å². The molecule has 1 saturated heterocycles. The predicted molar refractivity (Wildman–Crippen MR) is 109 cm³/mol. The Kier molecular flexibility index (Phi) is 4.97. The average Bonchev–Trinajstić information content (AvgIpc) is 3.46. The number of likely N-dealkylation sites (tertiary alicyclic amines) is 1. The van der Waals surface area contributed by atoms with Crippen molar-refractivity contribution in [3.05, 3.63) is 60.1 Å². The van der Waals surface area contributed by atoms with Gasteiger partial charge in [-0.05, 0) is 43.2 Å². The van der Waals surface area contributed by atoms with Crippen molar-refractivity contribution in [3.63, 3.8) is 0 Å². The van der Waals surface area contributed by atoms with Crippen LogP contribution in [-0.2, 0) is 23.4 Å². The summed E-state index contributed by atoms with van der Waals surface area (Å²) in [6, 6.07) is 8.29. The Balaban J connectivity index is 1.48. The number of methoxy groups -OCH3 is 1. The van der Waals surface area contributed by atoms with Crippen molar-refractivity contribution in [2.24, 2.45) is 0 Å². The first-order valence-corrected chi connectivity index (χ1v) is 10.3. The second-order valence-corrected chi connectivity index (χ2v) is 8.24. The Morgan fingerprint density at radius 2 is 1.97 bits per heavy atom. The second-order valence-electron chi connectivity index (χ2n) is 8.24. The van der Waals surface area contributed by atoms with E-state index >= 15 is 0 Å². The molecule has 9 heteroatoms. The molecular formula is C22H24FN5O3. The number of carbonyl (C=O) groups excluding carboxylic acids is 1. The summed E-state index contributed by atoms with van der Waals surface area (Å²) in [6.07, 6.45) is 4.76. The van der Waals surface area contributed by atoms with Crippen molar-refractivity contribution >= 4 is 6.09 Å². The molecule has 0 unspecified atom stereocenters. The molecule has 31 heavy (non-hydrogen) atoms. The molecule has 8 nitrogen and oxygen atoms in total. The number of halogens is 1. The molecule has 0 N–H and O–H groups in total. The lowest BCUT2D eigenvalue weighted by molar-refractivity contribution is 0.0341. The first-order chi connectivity index (χ1) is 15.1. The zero-order valence-corrected chi connectivity index (χ0v) is 17.3. The Morgan fingerprint density at radius 3 is 2.65 bits per heavy atom. The number of hydrogen-bond donors (Lipinski definition) is 0. The van der Waals surface area contributed by atoms with Crippen molar-refractivity contribution in [2.45, 2.75) is 31.5 Å². The van der Waals surface area contributed by atoms with Gasteiger partial charge in [0.05, 0.1) is 31.7 Å². The largest absolute Gasteiger partial charge is 0.472 e. The van der Waals surface area contributed by atoms with Gasteiger partial charge in [-0.2, -0.15) is 0 Å². The first-order valence-electron chi connectivity index (χ1n) is 10.3. The topological polar surface area (TPSA) is 76.6 Å². The lowest BCUT2D eigenvalue weighted by Crippen LogP contribution is -2.57. The highest BCUT2D eigenvalue weighted by Crippen LogP contribution is 2.39. The molecule has 1 fully saturated rings. The summed E-state index contributed by atoms with van der Waals surface area (Å²) in [4.78, 5) is 16.5. The minimum atomic E-state index is -0.363. The van der Waals surface area contributed by atoms with Gasteiger partial charge in [-0.1, -0.05) is 0 Å². The van der Waals surface area contributed by atoms with E-state index in [0.717, 1.165) is 49.4 Å². The quantitative estimate of drug-likeness (QED) is 0.641. The van der Waals surface area contributed by atoms with Crippen LogP contribution in [0.25, 0.3) is 11.4 Å². The Labute approximate surface area is 179 Å². The summed E-state index contributed by atoms with van der Waals surface area (Å²) in [5, 5.41) is 8.83. The monoisotopic (exact) mass is 425 g/mol. The number of carbonyl (C=O) groups is 1. The number of piperidine rings is 1. The third-order valence-corrected chi connectivity index (χ3v) is 6.33. The van der Waals surface area contributed by atoms with E-state index in [1.807, 2.05) is 6.07 Å². The molecule has 2 aliphatic heterocycles. The van der Waals surface area contributed by atoms with E-state index in [4.69, 9.17) is 9.15 Å². The molecule has 1 amide bonds. The molecule has 5 rings (SSSR count). The highest BCUT2D eigenvalue weighted by Gasteiger charge is 2.45. The fraction of sp³-hybridized carbons (Fsp3) is 0.409. The first kappa shape index (κ1) is 19.7. The molecule has 3 aromatic rings. The molecule has 1 aromatic carbocycles. The van der Waals surface area contributed by atoms with Gasteiger partial charge in [0, 0.05) is 37.3 Å². The van der Waals surface area contributed by atoms with Crippen molar-refractivity contribution in [1.82, 2.24) is 24.6 Å². The number of aromatic nitrogens is 3. The molecule has 0 atom stereocenters. The maximum atomic E-state index is 13.5. The van der Waals surface area contributed by atoms with Gasteiger partial charge in [0.2, 0.25) is 0 Å². The number of benzene rings is 1. The second kappa shape index (κ2) is 7.81. The van der Waals surface area contributed by atoms with E-state index in [9.17, 15) is 9.18 Å². The van der Waals surface area contributed by atoms with Crippen LogP contribution < -0.4 is 0 Å². The standard InChI is InChI=1S/C22H24FN5O3/c1-30-21(29)27-13-19-24-25-20(17-2-4-18(23)5-3-17)28(19)22(15-27)7-9-26(10-8-22)12-16-6-11-31-14-16/h2-6,11,14H,7-10,12-13,15H2,1H3. The average molecular weight is 425 g/mol. The van der Waals surface area contributed by atoms with Crippen LogP contribution in [0.3, 0.4) is 0 Å². The van der Waals surface area contributed by atoms with Gasteiger partial charge in [0.15, 0.2) is 11.6 Å².